The highest BCUT2D eigenvalue weighted by molar-refractivity contribution is 7.20. The Hall–Kier alpha value is -3.34. The van der Waals surface area contributed by atoms with Crippen LogP contribution in [0.25, 0.3) is 10.2 Å². The number of hydrogen-bond acceptors (Lipinski definition) is 8. The Bertz CT molecular complexity index is 1140. The lowest BCUT2D eigenvalue weighted by molar-refractivity contribution is -0.386. The number of ether oxygens (including phenoxy) is 2. The van der Waals surface area contributed by atoms with Crippen LogP contribution in [0.4, 0.5) is 10.1 Å². The molecule has 0 bridgehead atoms. The summed E-state index contributed by atoms with van der Waals surface area (Å²) in [4.78, 5) is 42.0. The van der Waals surface area contributed by atoms with Crippen molar-refractivity contribution in [3.63, 3.8) is 0 Å². The van der Waals surface area contributed by atoms with Gasteiger partial charge in [0.25, 0.3) is 5.56 Å². The van der Waals surface area contributed by atoms with Crippen molar-refractivity contribution in [1.82, 2.24) is 9.97 Å². The maximum atomic E-state index is 13.4. The molecule has 0 aliphatic rings. The molecule has 3 aromatic rings. The molecule has 0 atom stereocenters. The molecule has 2 heterocycles. The highest BCUT2D eigenvalue weighted by Crippen LogP contribution is 2.29. The van der Waals surface area contributed by atoms with Gasteiger partial charge < -0.3 is 14.5 Å². The summed E-state index contributed by atoms with van der Waals surface area (Å²) in [7, 11) is 0. The Morgan fingerprint density at radius 1 is 1.43 bits per heavy atom. The molecule has 0 amide bonds. The molecule has 0 fully saturated rings. The van der Waals surface area contributed by atoms with E-state index >= 15 is 0 Å². The molecule has 0 aliphatic heterocycles. The number of aromatic nitrogens is 2. The number of benzene rings is 1. The molecule has 0 saturated carbocycles. The second-order valence-electron chi connectivity index (χ2n) is 5.63. The second kappa shape index (κ2) is 7.72. The number of aromatic amines is 1. The summed E-state index contributed by atoms with van der Waals surface area (Å²) in [6, 6.07) is 2.81. The number of hydrogen-bond donors (Lipinski definition) is 1. The van der Waals surface area contributed by atoms with Crippen LogP contribution < -0.4 is 10.3 Å². The van der Waals surface area contributed by atoms with Gasteiger partial charge in [-0.2, -0.15) is 0 Å². The fourth-order valence-electron chi connectivity index (χ4n) is 2.55. The van der Waals surface area contributed by atoms with Gasteiger partial charge in [-0.25, -0.2) is 14.2 Å². The number of nitro benzene ring substituents is 1. The molecule has 11 heteroatoms. The fourth-order valence-corrected chi connectivity index (χ4v) is 3.64. The Morgan fingerprint density at radius 2 is 2.18 bits per heavy atom. The summed E-state index contributed by atoms with van der Waals surface area (Å²) in [6.45, 7) is 3.16. The Kier molecular flexibility index (Phi) is 5.36. The van der Waals surface area contributed by atoms with Gasteiger partial charge in [-0.15, -0.1) is 11.3 Å². The van der Waals surface area contributed by atoms with Gasteiger partial charge in [-0.1, -0.05) is 0 Å². The zero-order valence-corrected chi connectivity index (χ0v) is 15.6. The molecule has 9 nitrogen and oxygen atoms in total. The topological polar surface area (TPSA) is 124 Å². The SMILES string of the molecule is CCOC(=O)c1sc2nc(COc3cc(F)ccc3[N+](=O)[O-])[nH]c(=O)c2c1C. The first-order chi connectivity index (χ1) is 13.3. The number of aryl methyl sites for hydroxylation is 1. The van der Waals surface area contributed by atoms with Crippen LogP contribution in [0.2, 0.25) is 0 Å². The Labute approximate surface area is 160 Å². The highest BCUT2D eigenvalue weighted by atomic mass is 32.1. The van der Waals surface area contributed by atoms with Crippen molar-refractivity contribution in [3.05, 3.63) is 60.7 Å². The number of esters is 1. The third-order valence-corrected chi connectivity index (χ3v) is 4.96. The first-order valence-electron chi connectivity index (χ1n) is 8.08. The van der Waals surface area contributed by atoms with Crippen LogP contribution in [0, 0.1) is 22.9 Å². The van der Waals surface area contributed by atoms with Gasteiger partial charge in [-0.05, 0) is 25.5 Å². The molecule has 146 valence electrons. The van der Waals surface area contributed by atoms with Gasteiger partial charge in [0.2, 0.25) is 0 Å². The minimum absolute atomic E-state index is 0.0766. The lowest BCUT2D eigenvalue weighted by atomic mass is 10.2. The van der Waals surface area contributed by atoms with Gasteiger partial charge >= 0.3 is 11.7 Å². The maximum Gasteiger partial charge on any atom is 0.348 e. The van der Waals surface area contributed by atoms with E-state index < -0.39 is 28.0 Å². The molecule has 3 rings (SSSR count). The summed E-state index contributed by atoms with van der Waals surface area (Å²) in [6.07, 6.45) is 0. The number of carbonyl (C=O) groups excluding carboxylic acids is 1. The standard InChI is InChI=1S/C17H14FN3O6S/c1-3-26-17(23)14-8(2)13-15(22)19-12(20-16(13)28-14)7-27-11-6-9(18)4-5-10(11)21(24)25/h4-6H,3,7H2,1-2H3,(H,19,20,22). The van der Waals surface area contributed by atoms with Crippen molar-refractivity contribution in [2.75, 3.05) is 6.61 Å². The minimum Gasteiger partial charge on any atom is -0.479 e. The fraction of sp³-hybridized carbons (Fsp3) is 0.235. The van der Waals surface area contributed by atoms with Crippen LogP contribution in [0.1, 0.15) is 28.0 Å². The average molecular weight is 407 g/mol. The number of halogens is 1. The lowest BCUT2D eigenvalue weighted by Gasteiger charge is -2.06. The molecule has 0 spiro atoms. The van der Waals surface area contributed by atoms with E-state index in [4.69, 9.17) is 9.47 Å². The molecule has 1 N–H and O–H groups in total. The summed E-state index contributed by atoms with van der Waals surface area (Å²) >= 11 is 1.00. The normalized spacial score (nSPS) is 10.8. The highest BCUT2D eigenvalue weighted by Gasteiger charge is 2.21. The smallest absolute Gasteiger partial charge is 0.348 e. The van der Waals surface area contributed by atoms with E-state index in [1.54, 1.807) is 13.8 Å². The van der Waals surface area contributed by atoms with E-state index in [1.807, 2.05) is 0 Å². The first kappa shape index (κ1) is 19.4. The first-order valence-corrected chi connectivity index (χ1v) is 8.89. The third-order valence-electron chi connectivity index (χ3n) is 3.79. The third kappa shape index (κ3) is 3.69. The van der Waals surface area contributed by atoms with Gasteiger partial charge in [0.1, 0.15) is 28.0 Å². The molecule has 2 aromatic heterocycles. The van der Waals surface area contributed by atoms with Crippen LogP contribution in [0.15, 0.2) is 23.0 Å². The number of carbonyl (C=O) groups is 1. The van der Waals surface area contributed by atoms with E-state index in [2.05, 4.69) is 9.97 Å². The predicted molar refractivity (Wildman–Crippen MR) is 98.3 cm³/mol. The monoisotopic (exact) mass is 407 g/mol. The Morgan fingerprint density at radius 3 is 2.86 bits per heavy atom. The molecular formula is C17H14FN3O6S. The van der Waals surface area contributed by atoms with Crippen molar-refractivity contribution >= 4 is 33.2 Å². The van der Waals surface area contributed by atoms with Crippen LogP contribution >= 0.6 is 11.3 Å². The average Bonchev–Trinajstić information content (AvgIpc) is 2.97. The van der Waals surface area contributed by atoms with E-state index in [9.17, 15) is 24.1 Å². The maximum absolute atomic E-state index is 13.4. The number of thiophene rings is 1. The predicted octanol–water partition coefficient (Wildman–Crippen LogP) is 3.10. The number of nitro groups is 1. The molecule has 1 aromatic carbocycles. The quantitative estimate of drug-likeness (QED) is 0.378. The van der Waals surface area contributed by atoms with E-state index in [-0.39, 0.29) is 35.1 Å². The van der Waals surface area contributed by atoms with Crippen LogP contribution in [0.3, 0.4) is 0 Å². The van der Waals surface area contributed by atoms with Crippen molar-refractivity contribution in [2.45, 2.75) is 20.5 Å². The molecule has 0 unspecified atom stereocenters. The second-order valence-corrected chi connectivity index (χ2v) is 6.63. The van der Waals surface area contributed by atoms with Crippen molar-refractivity contribution in [2.24, 2.45) is 0 Å². The van der Waals surface area contributed by atoms with E-state index in [0.717, 1.165) is 29.5 Å². The lowest BCUT2D eigenvalue weighted by Crippen LogP contribution is -2.13. The molecular weight excluding hydrogens is 393 g/mol. The summed E-state index contributed by atoms with van der Waals surface area (Å²) in [5.74, 6) is -1.46. The number of nitrogens with one attached hydrogen (secondary N) is 1. The summed E-state index contributed by atoms with van der Waals surface area (Å²) < 4.78 is 23.6. The summed E-state index contributed by atoms with van der Waals surface area (Å²) in [5, 5.41) is 11.3. The van der Waals surface area contributed by atoms with Crippen LogP contribution in [0.5, 0.6) is 5.75 Å². The van der Waals surface area contributed by atoms with Crippen molar-refractivity contribution in [1.29, 1.82) is 0 Å². The van der Waals surface area contributed by atoms with Crippen LogP contribution in [-0.2, 0) is 11.3 Å². The Balaban J connectivity index is 1.93. The molecule has 0 aliphatic carbocycles. The van der Waals surface area contributed by atoms with Crippen molar-refractivity contribution < 1.29 is 23.6 Å². The molecule has 0 saturated heterocycles. The van der Waals surface area contributed by atoms with E-state index in [1.165, 1.54) is 0 Å². The van der Waals surface area contributed by atoms with Crippen molar-refractivity contribution in [3.8, 4) is 5.75 Å². The van der Waals surface area contributed by atoms with Gasteiger partial charge in [0.05, 0.1) is 16.9 Å². The number of H-pyrrole nitrogens is 1. The number of fused-ring (bicyclic) bond motifs is 1. The number of nitrogens with zero attached hydrogens (tertiary/aromatic N) is 2. The van der Waals surface area contributed by atoms with Crippen LogP contribution in [-0.4, -0.2) is 27.5 Å². The zero-order chi connectivity index (χ0) is 20.4. The van der Waals surface area contributed by atoms with Gasteiger partial charge in [0, 0.05) is 12.1 Å². The molecule has 0 radical (unpaired) electrons. The van der Waals surface area contributed by atoms with E-state index in [0.29, 0.717) is 10.4 Å². The van der Waals surface area contributed by atoms with Gasteiger partial charge in [-0.3, -0.25) is 14.9 Å². The minimum atomic E-state index is -0.706. The van der Waals surface area contributed by atoms with Gasteiger partial charge in [0.15, 0.2) is 5.75 Å². The zero-order valence-electron chi connectivity index (χ0n) is 14.8. The number of rotatable bonds is 6. The molecule has 28 heavy (non-hydrogen) atoms. The largest absolute Gasteiger partial charge is 0.479 e. The summed E-state index contributed by atoms with van der Waals surface area (Å²) in [5.41, 5.74) is -0.441.